The molecule has 5 heteroatoms. The largest absolute Gasteiger partial charge is 0.374 e. The van der Waals surface area contributed by atoms with Crippen LogP contribution in [0.25, 0.3) is 0 Å². The SMILES string of the molecule is CCc1ccc(NC(=O)C(C)Nc2cccc(N3CCCC3=O)c2)cc1. The standard InChI is InChI=1S/C21H25N3O2/c1-3-16-9-11-17(12-10-16)23-21(26)15(2)22-18-6-4-7-19(14-18)24-13-5-8-20(24)25/h4,6-7,9-12,14-15,22H,3,5,8,13H2,1-2H3,(H,23,26). The van der Waals surface area contributed by atoms with Crippen LogP contribution in [0, 0.1) is 0 Å². The molecule has 0 spiro atoms. The highest BCUT2D eigenvalue weighted by Crippen LogP contribution is 2.24. The van der Waals surface area contributed by atoms with Crippen LogP contribution in [0.4, 0.5) is 17.1 Å². The number of nitrogens with zero attached hydrogens (tertiary/aromatic N) is 1. The Labute approximate surface area is 154 Å². The van der Waals surface area contributed by atoms with Gasteiger partial charge < -0.3 is 15.5 Å². The van der Waals surface area contributed by atoms with Crippen LogP contribution >= 0.6 is 0 Å². The van der Waals surface area contributed by atoms with Crippen LogP contribution in [0.5, 0.6) is 0 Å². The summed E-state index contributed by atoms with van der Waals surface area (Å²) >= 11 is 0. The molecule has 1 aliphatic rings. The first-order valence-electron chi connectivity index (χ1n) is 9.13. The second kappa shape index (κ2) is 8.04. The molecule has 0 bridgehead atoms. The first-order chi connectivity index (χ1) is 12.6. The Hall–Kier alpha value is -2.82. The monoisotopic (exact) mass is 351 g/mol. The van der Waals surface area contributed by atoms with E-state index in [1.807, 2.05) is 55.5 Å². The summed E-state index contributed by atoms with van der Waals surface area (Å²) in [6.45, 7) is 4.68. The summed E-state index contributed by atoms with van der Waals surface area (Å²) in [4.78, 5) is 26.1. The summed E-state index contributed by atoms with van der Waals surface area (Å²) in [6, 6.07) is 15.1. The number of benzene rings is 2. The fourth-order valence-corrected chi connectivity index (χ4v) is 3.07. The Morgan fingerprint density at radius 2 is 1.92 bits per heavy atom. The number of rotatable bonds is 6. The third-order valence-electron chi connectivity index (χ3n) is 4.64. The van der Waals surface area contributed by atoms with Crippen molar-refractivity contribution in [2.45, 2.75) is 39.2 Å². The van der Waals surface area contributed by atoms with E-state index in [9.17, 15) is 9.59 Å². The topological polar surface area (TPSA) is 61.4 Å². The third-order valence-corrected chi connectivity index (χ3v) is 4.64. The zero-order valence-corrected chi connectivity index (χ0v) is 15.3. The van der Waals surface area contributed by atoms with E-state index in [1.54, 1.807) is 4.90 Å². The fraction of sp³-hybridized carbons (Fsp3) is 0.333. The Kier molecular flexibility index (Phi) is 5.56. The maximum atomic E-state index is 12.4. The predicted molar refractivity (Wildman–Crippen MR) is 106 cm³/mol. The van der Waals surface area contributed by atoms with E-state index in [4.69, 9.17) is 0 Å². The first-order valence-corrected chi connectivity index (χ1v) is 9.13. The number of nitrogens with one attached hydrogen (secondary N) is 2. The van der Waals surface area contributed by atoms with E-state index in [0.717, 1.165) is 36.4 Å². The first kappa shape index (κ1) is 18.0. The minimum Gasteiger partial charge on any atom is -0.374 e. The number of hydrogen-bond donors (Lipinski definition) is 2. The van der Waals surface area contributed by atoms with E-state index in [2.05, 4.69) is 17.6 Å². The van der Waals surface area contributed by atoms with Crippen molar-refractivity contribution in [2.75, 3.05) is 22.1 Å². The van der Waals surface area contributed by atoms with Crippen molar-refractivity contribution in [1.82, 2.24) is 0 Å². The molecule has 2 N–H and O–H groups in total. The summed E-state index contributed by atoms with van der Waals surface area (Å²) in [6.07, 6.45) is 2.47. The highest BCUT2D eigenvalue weighted by atomic mass is 16.2. The second-order valence-electron chi connectivity index (χ2n) is 6.61. The molecule has 0 radical (unpaired) electrons. The van der Waals surface area contributed by atoms with Crippen molar-refractivity contribution in [3.05, 3.63) is 54.1 Å². The Balaban J connectivity index is 1.62. The quantitative estimate of drug-likeness (QED) is 0.832. The van der Waals surface area contributed by atoms with Crippen LogP contribution in [0.3, 0.4) is 0 Å². The van der Waals surface area contributed by atoms with E-state index < -0.39 is 6.04 Å². The number of anilines is 3. The van der Waals surface area contributed by atoms with Crippen molar-refractivity contribution in [3.8, 4) is 0 Å². The van der Waals surface area contributed by atoms with Gasteiger partial charge in [0.1, 0.15) is 6.04 Å². The second-order valence-corrected chi connectivity index (χ2v) is 6.61. The third kappa shape index (κ3) is 4.23. The van der Waals surface area contributed by atoms with E-state index >= 15 is 0 Å². The zero-order valence-electron chi connectivity index (χ0n) is 15.3. The van der Waals surface area contributed by atoms with Gasteiger partial charge in [0, 0.05) is 30.0 Å². The maximum absolute atomic E-state index is 12.4. The zero-order chi connectivity index (χ0) is 18.5. The van der Waals surface area contributed by atoms with Gasteiger partial charge in [-0.2, -0.15) is 0 Å². The van der Waals surface area contributed by atoms with Crippen LogP contribution < -0.4 is 15.5 Å². The number of hydrogen-bond acceptors (Lipinski definition) is 3. The molecule has 3 rings (SSSR count). The fourth-order valence-electron chi connectivity index (χ4n) is 3.07. The van der Waals surface area contributed by atoms with Gasteiger partial charge in [-0.05, 0) is 55.7 Å². The number of aryl methyl sites for hydroxylation is 1. The molecule has 1 fully saturated rings. The van der Waals surface area contributed by atoms with Crippen molar-refractivity contribution >= 4 is 28.9 Å². The van der Waals surface area contributed by atoms with Gasteiger partial charge in [-0.25, -0.2) is 0 Å². The number of amides is 2. The number of carbonyl (C=O) groups excluding carboxylic acids is 2. The van der Waals surface area contributed by atoms with Crippen LogP contribution in [0.15, 0.2) is 48.5 Å². The van der Waals surface area contributed by atoms with Crippen molar-refractivity contribution in [2.24, 2.45) is 0 Å². The normalized spacial score (nSPS) is 15.0. The van der Waals surface area contributed by atoms with Gasteiger partial charge in [0.15, 0.2) is 0 Å². The molecule has 1 aliphatic heterocycles. The molecule has 5 nitrogen and oxygen atoms in total. The Bertz CT molecular complexity index is 786. The molecule has 1 atom stereocenters. The predicted octanol–water partition coefficient (Wildman–Crippen LogP) is 3.81. The molecule has 2 aromatic carbocycles. The Morgan fingerprint density at radius 3 is 2.58 bits per heavy atom. The van der Waals surface area contributed by atoms with Crippen molar-refractivity contribution in [3.63, 3.8) is 0 Å². The summed E-state index contributed by atoms with van der Waals surface area (Å²) < 4.78 is 0. The molecule has 26 heavy (non-hydrogen) atoms. The molecule has 1 unspecified atom stereocenters. The van der Waals surface area contributed by atoms with Gasteiger partial charge in [-0.15, -0.1) is 0 Å². The molecule has 2 aromatic rings. The van der Waals surface area contributed by atoms with Gasteiger partial charge in [0.2, 0.25) is 11.8 Å². The highest BCUT2D eigenvalue weighted by Gasteiger charge is 2.22. The van der Waals surface area contributed by atoms with E-state index in [1.165, 1.54) is 5.56 Å². The average Bonchev–Trinajstić information content (AvgIpc) is 3.08. The smallest absolute Gasteiger partial charge is 0.246 e. The lowest BCUT2D eigenvalue weighted by molar-refractivity contribution is -0.117. The minimum absolute atomic E-state index is 0.100. The lowest BCUT2D eigenvalue weighted by atomic mass is 10.1. The summed E-state index contributed by atoms with van der Waals surface area (Å²) in [5, 5.41) is 6.14. The molecule has 1 heterocycles. The lowest BCUT2D eigenvalue weighted by Gasteiger charge is -2.19. The van der Waals surface area contributed by atoms with Crippen molar-refractivity contribution < 1.29 is 9.59 Å². The summed E-state index contributed by atoms with van der Waals surface area (Å²) in [7, 11) is 0. The van der Waals surface area contributed by atoms with E-state index in [-0.39, 0.29) is 11.8 Å². The van der Waals surface area contributed by atoms with Crippen LogP contribution in [0.1, 0.15) is 32.3 Å². The van der Waals surface area contributed by atoms with E-state index in [0.29, 0.717) is 6.42 Å². The lowest BCUT2D eigenvalue weighted by Crippen LogP contribution is -2.32. The van der Waals surface area contributed by atoms with Crippen molar-refractivity contribution in [1.29, 1.82) is 0 Å². The molecular weight excluding hydrogens is 326 g/mol. The molecule has 136 valence electrons. The molecular formula is C21H25N3O2. The highest BCUT2D eigenvalue weighted by molar-refractivity contribution is 5.97. The number of carbonyl (C=O) groups is 2. The molecule has 0 aromatic heterocycles. The van der Waals surface area contributed by atoms with Crippen LogP contribution in [0.2, 0.25) is 0 Å². The van der Waals surface area contributed by atoms with Crippen LogP contribution in [-0.2, 0) is 16.0 Å². The van der Waals surface area contributed by atoms with Gasteiger partial charge in [0.25, 0.3) is 0 Å². The molecule has 2 amide bonds. The van der Waals surface area contributed by atoms with Gasteiger partial charge >= 0.3 is 0 Å². The summed E-state index contributed by atoms with van der Waals surface area (Å²) in [5.41, 5.74) is 3.73. The Morgan fingerprint density at radius 1 is 1.15 bits per heavy atom. The minimum atomic E-state index is -0.398. The van der Waals surface area contributed by atoms with Gasteiger partial charge in [-0.3, -0.25) is 9.59 Å². The molecule has 0 saturated carbocycles. The van der Waals surface area contributed by atoms with Crippen LogP contribution in [-0.4, -0.2) is 24.4 Å². The summed E-state index contributed by atoms with van der Waals surface area (Å²) in [5.74, 6) is 0.0559. The van der Waals surface area contributed by atoms with Gasteiger partial charge in [-0.1, -0.05) is 25.1 Å². The maximum Gasteiger partial charge on any atom is 0.246 e. The molecule has 0 aliphatic carbocycles. The average molecular weight is 351 g/mol. The molecule has 1 saturated heterocycles. The van der Waals surface area contributed by atoms with Gasteiger partial charge in [0.05, 0.1) is 0 Å².